The van der Waals surface area contributed by atoms with E-state index in [4.69, 9.17) is 17.0 Å². The van der Waals surface area contributed by atoms with E-state index in [-0.39, 0.29) is 23.9 Å². The molecule has 2 aromatic carbocycles. The lowest BCUT2D eigenvalue weighted by molar-refractivity contribution is -0.118. The van der Waals surface area contributed by atoms with Gasteiger partial charge in [-0.15, -0.1) is 0 Å². The summed E-state index contributed by atoms with van der Waals surface area (Å²) in [6.45, 7) is 5.70. The molecule has 1 saturated heterocycles. The maximum Gasteiger partial charge on any atom is 0.337 e. The molecule has 204 valence electrons. The van der Waals surface area contributed by atoms with Crippen LogP contribution in [-0.4, -0.2) is 33.6 Å². The van der Waals surface area contributed by atoms with Gasteiger partial charge >= 0.3 is 5.97 Å². The molecule has 1 aliphatic heterocycles. The fourth-order valence-electron chi connectivity index (χ4n) is 4.92. The van der Waals surface area contributed by atoms with Crippen LogP contribution in [0, 0.1) is 12.8 Å². The van der Waals surface area contributed by atoms with E-state index in [0.717, 1.165) is 34.0 Å². The molecule has 2 aromatic heterocycles. The van der Waals surface area contributed by atoms with Crippen LogP contribution in [0.2, 0.25) is 0 Å². The number of anilines is 2. The molecule has 3 heterocycles. The van der Waals surface area contributed by atoms with E-state index in [1.807, 2.05) is 87.6 Å². The van der Waals surface area contributed by atoms with Crippen LogP contribution in [0.15, 0.2) is 85.2 Å². The molecular weight excluding hydrogens is 522 g/mol. The van der Waals surface area contributed by atoms with E-state index in [1.165, 1.54) is 7.11 Å². The number of aryl methyl sites for hydroxylation is 1. The Morgan fingerprint density at radius 3 is 2.55 bits per heavy atom. The summed E-state index contributed by atoms with van der Waals surface area (Å²) in [5.74, 6) is -0.551. The molecule has 8 nitrogen and oxygen atoms in total. The number of carbonyl (C=O) groups is 2. The van der Waals surface area contributed by atoms with E-state index in [1.54, 1.807) is 12.3 Å². The number of carbonyl (C=O) groups excluding carboxylic acids is 2. The van der Waals surface area contributed by atoms with E-state index in [2.05, 4.69) is 31.2 Å². The van der Waals surface area contributed by atoms with Gasteiger partial charge in [-0.3, -0.25) is 9.78 Å². The Hall–Kier alpha value is -4.50. The quantitative estimate of drug-likeness (QED) is 0.223. The first-order valence-electron chi connectivity index (χ1n) is 13.1. The largest absolute Gasteiger partial charge is 0.465 e. The Bertz CT molecular complexity index is 1570. The zero-order valence-electron chi connectivity index (χ0n) is 22.8. The van der Waals surface area contributed by atoms with Gasteiger partial charge in [-0.25, -0.2) is 4.79 Å². The molecule has 0 aliphatic carbocycles. The lowest BCUT2D eigenvalue weighted by Crippen LogP contribution is -2.30. The van der Waals surface area contributed by atoms with Crippen LogP contribution in [0.5, 0.6) is 0 Å². The average molecular weight is 554 g/mol. The van der Waals surface area contributed by atoms with Gasteiger partial charge in [0, 0.05) is 41.1 Å². The number of nitrogens with one attached hydrogen (secondary N) is 2. The van der Waals surface area contributed by atoms with Crippen LogP contribution in [-0.2, 0) is 9.53 Å². The summed E-state index contributed by atoms with van der Waals surface area (Å²) in [7, 11) is 1.37. The number of aromatic nitrogens is 2. The molecule has 1 fully saturated rings. The predicted octanol–water partition coefficient (Wildman–Crippen LogP) is 5.74. The van der Waals surface area contributed by atoms with Gasteiger partial charge in [0.2, 0.25) is 5.91 Å². The number of rotatable bonds is 7. The van der Waals surface area contributed by atoms with Gasteiger partial charge in [0.25, 0.3) is 0 Å². The molecule has 2 N–H and O–H groups in total. The van der Waals surface area contributed by atoms with Crippen molar-refractivity contribution in [2.24, 2.45) is 5.92 Å². The van der Waals surface area contributed by atoms with Gasteiger partial charge in [-0.05, 0) is 85.4 Å². The molecule has 40 heavy (non-hydrogen) atoms. The zero-order chi connectivity index (χ0) is 28.4. The van der Waals surface area contributed by atoms with Gasteiger partial charge in [-0.1, -0.05) is 26.0 Å². The highest BCUT2D eigenvalue weighted by atomic mass is 32.1. The molecule has 4 aromatic rings. The van der Waals surface area contributed by atoms with E-state index >= 15 is 0 Å². The Morgan fingerprint density at radius 2 is 1.85 bits per heavy atom. The number of hydrogen-bond acceptors (Lipinski definition) is 5. The summed E-state index contributed by atoms with van der Waals surface area (Å²) in [6.07, 6.45) is 3.74. The van der Waals surface area contributed by atoms with Gasteiger partial charge in [0.15, 0.2) is 5.11 Å². The van der Waals surface area contributed by atoms with Crippen molar-refractivity contribution in [3.63, 3.8) is 0 Å². The monoisotopic (exact) mass is 553 g/mol. The zero-order valence-corrected chi connectivity index (χ0v) is 23.6. The molecule has 0 saturated carbocycles. The van der Waals surface area contributed by atoms with Crippen molar-refractivity contribution in [3.8, 4) is 5.69 Å². The number of amides is 1. The Balaban J connectivity index is 1.60. The number of hydrogen-bond donors (Lipinski definition) is 2. The lowest BCUT2D eigenvalue weighted by atomic mass is 10.00. The summed E-state index contributed by atoms with van der Waals surface area (Å²) < 4.78 is 7.00. The Labute approximate surface area is 239 Å². The number of methoxy groups -OCH3 is 1. The lowest BCUT2D eigenvalue weighted by Gasteiger charge is -2.29. The smallest absolute Gasteiger partial charge is 0.337 e. The van der Waals surface area contributed by atoms with Crippen molar-refractivity contribution in [1.29, 1.82) is 0 Å². The molecule has 1 aliphatic rings. The number of esters is 1. The highest BCUT2D eigenvalue weighted by Gasteiger charge is 2.42. The van der Waals surface area contributed by atoms with Crippen molar-refractivity contribution < 1.29 is 14.3 Å². The number of thiocarbonyl (C=S) groups is 1. The van der Waals surface area contributed by atoms with Crippen LogP contribution < -0.4 is 15.5 Å². The van der Waals surface area contributed by atoms with Crippen molar-refractivity contribution in [2.45, 2.75) is 32.9 Å². The summed E-state index contributed by atoms with van der Waals surface area (Å²) >= 11 is 5.91. The second-order valence-electron chi connectivity index (χ2n) is 9.98. The van der Waals surface area contributed by atoms with Crippen LogP contribution in [0.3, 0.4) is 0 Å². The molecule has 0 radical (unpaired) electrons. The normalized spacial score (nSPS) is 16.6. The number of pyridine rings is 1. The minimum absolute atomic E-state index is 0.0330. The van der Waals surface area contributed by atoms with E-state index < -0.39 is 5.97 Å². The first kappa shape index (κ1) is 27.1. The maximum absolute atomic E-state index is 12.3. The van der Waals surface area contributed by atoms with Gasteiger partial charge < -0.3 is 24.8 Å². The summed E-state index contributed by atoms with van der Waals surface area (Å²) in [6, 6.07) is 22.6. The summed E-state index contributed by atoms with van der Waals surface area (Å²) in [5.41, 5.74) is 5.68. The molecule has 0 unspecified atom stereocenters. The number of benzene rings is 2. The first-order chi connectivity index (χ1) is 19.3. The third-order valence-electron chi connectivity index (χ3n) is 7.00. The fraction of sp³-hybridized carbons (Fsp3) is 0.226. The molecule has 0 bridgehead atoms. The second kappa shape index (κ2) is 11.3. The SMILES string of the molecule is COC(=O)c1cccc(-n2cccc2[C@@H]2[C@H](c3ccccn3)NC(=S)N2c2ccc(NC(=O)C(C)C)c(C)c2)c1. The molecule has 9 heteroatoms. The fourth-order valence-corrected chi connectivity index (χ4v) is 5.27. The van der Waals surface area contributed by atoms with Crippen molar-refractivity contribution in [1.82, 2.24) is 14.9 Å². The highest BCUT2D eigenvalue weighted by Crippen LogP contribution is 2.43. The Morgan fingerprint density at radius 1 is 1.02 bits per heavy atom. The number of nitrogens with zero attached hydrogens (tertiary/aromatic N) is 3. The minimum atomic E-state index is -0.396. The molecule has 2 atom stereocenters. The van der Waals surface area contributed by atoms with Crippen molar-refractivity contribution in [2.75, 3.05) is 17.3 Å². The number of ether oxygens (including phenoxy) is 1. The van der Waals surface area contributed by atoms with Crippen LogP contribution in [0.25, 0.3) is 5.69 Å². The maximum atomic E-state index is 12.3. The molecular formula is C31H31N5O3S. The molecule has 5 rings (SSSR count). The Kier molecular flexibility index (Phi) is 7.66. The summed E-state index contributed by atoms with van der Waals surface area (Å²) in [4.78, 5) is 31.3. The third kappa shape index (κ3) is 5.20. The van der Waals surface area contributed by atoms with Crippen LogP contribution >= 0.6 is 12.2 Å². The topological polar surface area (TPSA) is 88.5 Å². The standard InChI is InChI=1S/C31H31N5O3S/c1-19(2)29(37)33-24-14-13-23(17-20(24)3)36-28(27(34-31(36)40)25-11-5-6-15-32-25)26-12-8-16-35(26)22-10-7-9-21(18-22)30(38)39-4/h5-19,27-28H,1-4H3,(H,33,37)(H,34,40)/t27-,28+/m0/s1. The molecule has 1 amide bonds. The minimum Gasteiger partial charge on any atom is -0.465 e. The van der Waals surface area contributed by atoms with Gasteiger partial charge in [0.05, 0.1) is 24.4 Å². The highest BCUT2D eigenvalue weighted by molar-refractivity contribution is 7.80. The van der Waals surface area contributed by atoms with Gasteiger partial charge in [0.1, 0.15) is 6.04 Å². The first-order valence-corrected chi connectivity index (χ1v) is 13.5. The average Bonchev–Trinajstić information content (AvgIpc) is 3.58. The van der Waals surface area contributed by atoms with Crippen molar-refractivity contribution in [3.05, 3.63) is 108 Å². The van der Waals surface area contributed by atoms with E-state index in [0.29, 0.717) is 10.7 Å². The predicted molar refractivity (Wildman–Crippen MR) is 160 cm³/mol. The van der Waals surface area contributed by atoms with E-state index in [9.17, 15) is 9.59 Å². The van der Waals surface area contributed by atoms with Crippen molar-refractivity contribution >= 4 is 40.6 Å². The third-order valence-corrected chi connectivity index (χ3v) is 7.31. The summed E-state index contributed by atoms with van der Waals surface area (Å²) in [5, 5.41) is 7.06. The van der Waals surface area contributed by atoms with Crippen LogP contribution in [0.4, 0.5) is 11.4 Å². The second-order valence-corrected chi connectivity index (χ2v) is 10.4. The molecule has 0 spiro atoms. The van der Waals surface area contributed by atoms with Gasteiger partial charge in [-0.2, -0.15) is 0 Å². The van der Waals surface area contributed by atoms with Crippen LogP contribution in [0.1, 0.15) is 53.2 Å².